The molecule has 0 unspecified atom stereocenters. The highest BCUT2D eigenvalue weighted by Gasteiger charge is 1.94. The maximum absolute atomic E-state index is 10.7. The van der Waals surface area contributed by atoms with E-state index in [4.69, 9.17) is 0 Å². The first-order valence-electron chi connectivity index (χ1n) is 3.62. The van der Waals surface area contributed by atoms with Crippen molar-refractivity contribution >= 4 is 11.9 Å². The van der Waals surface area contributed by atoms with Gasteiger partial charge in [-0.05, 0) is 12.5 Å². The molecular formula is C9H12O4. The highest BCUT2D eigenvalue weighted by molar-refractivity contribution is 5.85. The molecule has 0 radical (unpaired) electrons. The van der Waals surface area contributed by atoms with E-state index in [1.807, 2.05) is 0 Å². The van der Waals surface area contributed by atoms with Crippen LogP contribution in [0.2, 0.25) is 0 Å². The minimum absolute atomic E-state index is 0.452. The van der Waals surface area contributed by atoms with Crippen LogP contribution in [0.25, 0.3) is 0 Å². The zero-order chi connectivity index (χ0) is 10.3. The second-order valence-corrected chi connectivity index (χ2v) is 2.27. The number of carbonyl (C=O) groups excluding carboxylic acids is 2. The second kappa shape index (κ2) is 5.99. The highest BCUT2D eigenvalue weighted by Crippen LogP contribution is 1.95. The zero-order valence-electron chi connectivity index (χ0n) is 7.87. The summed E-state index contributed by atoms with van der Waals surface area (Å²) in [7, 11) is 2.57. The van der Waals surface area contributed by atoms with Crippen molar-refractivity contribution < 1.29 is 19.1 Å². The Morgan fingerprint density at radius 2 is 1.54 bits per heavy atom. The summed E-state index contributed by atoms with van der Waals surface area (Å²) in [6.45, 7) is 1.68. The molecular weight excluding hydrogens is 172 g/mol. The lowest BCUT2D eigenvalue weighted by Crippen LogP contribution is -1.96. The Labute approximate surface area is 76.8 Å². The van der Waals surface area contributed by atoms with E-state index in [-0.39, 0.29) is 0 Å². The molecule has 0 spiro atoms. The molecule has 4 heteroatoms. The molecule has 4 nitrogen and oxygen atoms in total. The number of esters is 2. The summed E-state index contributed by atoms with van der Waals surface area (Å²) in [4.78, 5) is 21.3. The Morgan fingerprint density at radius 1 is 1.00 bits per heavy atom. The van der Waals surface area contributed by atoms with Crippen molar-refractivity contribution in [3.05, 3.63) is 23.8 Å². The van der Waals surface area contributed by atoms with Gasteiger partial charge < -0.3 is 9.47 Å². The van der Waals surface area contributed by atoms with Crippen molar-refractivity contribution in [3.63, 3.8) is 0 Å². The molecule has 0 rings (SSSR count). The molecule has 0 aromatic rings. The predicted octanol–water partition coefficient (Wildman–Crippen LogP) is 0.835. The first-order chi connectivity index (χ1) is 6.10. The standard InChI is InChI=1S/C9H12O4/c1-7(6-9(11)13-3)4-5-8(10)12-2/h4-6H,1-3H3. The Morgan fingerprint density at radius 3 is 2.00 bits per heavy atom. The van der Waals surface area contributed by atoms with Crippen molar-refractivity contribution in [2.75, 3.05) is 14.2 Å². The number of ether oxygens (including phenoxy) is 2. The zero-order valence-corrected chi connectivity index (χ0v) is 7.87. The maximum Gasteiger partial charge on any atom is 0.330 e. The molecule has 0 atom stereocenters. The van der Waals surface area contributed by atoms with Gasteiger partial charge in [0.2, 0.25) is 0 Å². The van der Waals surface area contributed by atoms with Crippen LogP contribution in [0.15, 0.2) is 23.8 Å². The maximum atomic E-state index is 10.7. The van der Waals surface area contributed by atoms with Crippen molar-refractivity contribution in [2.45, 2.75) is 6.92 Å². The van der Waals surface area contributed by atoms with Gasteiger partial charge in [0.1, 0.15) is 0 Å². The van der Waals surface area contributed by atoms with Crippen molar-refractivity contribution in [3.8, 4) is 0 Å². The van der Waals surface area contributed by atoms with Crippen LogP contribution in [-0.2, 0) is 19.1 Å². The van der Waals surface area contributed by atoms with Crippen LogP contribution in [0.1, 0.15) is 6.92 Å². The van der Waals surface area contributed by atoms with E-state index in [0.717, 1.165) is 0 Å². The molecule has 0 aliphatic heterocycles. The first-order valence-corrected chi connectivity index (χ1v) is 3.62. The Balaban J connectivity index is 4.21. The lowest BCUT2D eigenvalue weighted by molar-refractivity contribution is -0.135. The fourth-order valence-corrected chi connectivity index (χ4v) is 0.560. The number of methoxy groups -OCH3 is 2. The second-order valence-electron chi connectivity index (χ2n) is 2.27. The fourth-order valence-electron chi connectivity index (χ4n) is 0.560. The molecule has 0 aliphatic rings. The van der Waals surface area contributed by atoms with Gasteiger partial charge in [-0.3, -0.25) is 0 Å². The van der Waals surface area contributed by atoms with Crippen LogP contribution >= 0.6 is 0 Å². The van der Waals surface area contributed by atoms with E-state index in [9.17, 15) is 9.59 Å². The Bertz CT molecular complexity index is 250. The summed E-state index contributed by atoms with van der Waals surface area (Å²) in [5, 5.41) is 0. The van der Waals surface area contributed by atoms with Gasteiger partial charge in [-0.1, -0.05) is 6.08 Å². The quantitative estimate of drug-likeness (QED) is 0.370. The number of allylic oxidation sites excluding steroid dienone is 2. The van der Waals surface area contributed by atoms with Crippen LogP contribution in [0.5, 0.6) is 0 Å². The molecule has 13 heavy (non-hydrogen) atoms. The van der Waals surface area contributed by atoms with E-state index in [0.29, 0.717) is 5.57 Å². The molecule has 0 aliphatic carbocycles. The summed E-state index contributed by atoms with van der Waals surface area (Å²) in [6, 6.07) is 0. The van der Waals surface area contributed by atoms with E-state index in [1.165, 1.54) is 32.4 Å². The van der Waals surface area contributed by atoms with Crippen LogP contribution < -0.4 is 0 Å². The van der Waals surface area contributed by atoms with Crippen LogP contribution in [-0.4, -0.2) is 26.2 Å². The van der Waals surface area contributed by atoms with Gasteiger partial charge in [0.25, 0.3) is 0 Å². The fraction of sp³-hybridized carbons (Fsp3) is 0.333. The third-order valence-electron chi connectivity index (χ3n) is 1.23. The summed E-state index contributed by atoms with van der Waals surface area (Å²) in [5.74, 6) is -0.912. The van der Waals surface area contributed by atoms with E-state index < -0.39 is 11.9 Å². The number of carbonyl (C=O) groups is 2. The minimum Gasteiger partial charge on any atom is -0.466 e. The van der Waals surface area contributed by atoms with Gasteiger partial charge in [-0.2, -0.15) is 0 Å². The van der Waals surface area contributed by atoms with Crippen LogP contribution in [0, 0.1) is 0 Å². The average molecular weight is 184 g/mol. The predicted molar refractivity (Wildman–Crippen MR) is 46.9 cm³/mol. The minimum atomic E-state index is -0.461. The molecule has 0 fully saturated rings. The molecule has 0 N–H and O–H groups in total. The van der Waals surface area contributed by atoms with E-state index in [1.54, 1.807) is 6.92 Å². The monoisotopic (exact) mass is 184 g/mol. The van der Waals surface area contributed by atoms with Gasteiger partial charge in [-0.15, -0.1) is 0 Å². The molecule has 0 aromatic carbocycles. The number of hydrogen-bond acceptors (Lipinski definition) is 4. The molecule has 0 bridgehead atoms. The largest absolute Gasteiger partial charge is 0.466 e. The third kappa shape index (κ3) is 5.66. The van der Waals surface area contributed by atoms with Crippen molar-refractivity contribution in [1.29, 1.82) is 0 Å². The lowest BCUT2D eigenvalue weighted by atomic mass is 10.2. The van der Waals surface area contributed by atoms with Gasteiger partial charge in [0, 0.05) is 12.2 Å². The summed E-state index contributed by atoms with van der Waals surface area (Å²) in [5.41, 5.74) is 0.622. The van der Waals surface area contributed by atoms with Crippen LogP contribution in [0.4, 0.5) is 0 Å². The first kappa shape index (κ1) is 11.4. The van der Waals surface area contributed by atoms with Gasteiger partial charge in [0.05, 0.1) is 14.2 Å². The van der Waals surface area contributed by atoms with E-state index >= 15 is 0 Å². The molecule has 0 aromatic heterocycles. The SMILES string of the molecule is COC(=O)C=CC(C)=CC(=O)OC. The molecule has 0 saturated heterocycles. The normalized spacial score (nSPS) is 11.5. The number of rotatable bonds is 3. The van der Waals surface area contributed by atoms with Crippen molar-refractivity contribution in [1.82, 2.24) is 0 Å². The smallest absolute Gasteiger partial charge is 0.330 e. The lowest BCUT2D eigenvalue weighted by Gasteiger charge is -1.92. The Hall–Kier alpha value is -1.58. The van der Waals surface area contributed by atoms with E-state index in [2.05, 4.69) is 9.47 Å². The average Bonchev–Trinajstić information content (AvgIpc) is 2.13. The third-order valence-corrected chi connectivity index (χ3v) is 1.23. The van der Waals surface area contributed by atoms with Gasteiger partial charge in [-0.25, -0.2) is 9.59 Å². The highest BCUT2D eigenvalue weighted by atomic mass is 16.5. The summed E-state index contributed by atoms with van der Waals surface area (Å²) < 4.78 is 8.75. The molecule has 72 valence electrons. The molecule has 0 heterocycles. The topological polar surface area (TPSA) is 52.6 Å². The van der Waals surface area contributed by atoms with Crippen molar-refractivity contribution in [2.24, 2.45) is 0 Å². The molecule has 0 amide bonds. The number of hydrogen-bond donors (Lipinski definition) is 0. The van der Waals surface area contributed by atoms with Crippen LogP contribution in [0.3, 0.4) is 0 Å². The van der Waals surface area contributed by atoms with Gasteiger partial charge >= 0.3 is 11.9 Å². The Kier molecular flexibility index (Phi) is 5.27. The summed E-state index contributed by atoms with van der Waals surface area (Å²) in [6.07, 6.45) is 3.98. The van der Waals surface area contributed by atoms with Gasteiger partial charge in [0.15, 0.2) is 0 Å². The molecule has 0 saturated carbocycles. The summed E-state index contributed by atoms with van der Waals surface area (Å²) >= 11 is 0.